The maximum atomic E-state index is 6.29. The highest BCUT2D eigenvalue weighted by molar-refractivity contribution is 5.43. The first-order valence-electron chi connectivity index (χ1n) is 7.41. The molecule has 0 aromatic heterocycles. The summed E-state index contributed by atoms with van der Waals surface area (Å²) in [4.78, 5) is 0. The third-order valence-corrected chi connectivity index (χ3v) is 3.68. The molecule has 1 unspecified atom stereocenters. The first kappa shape index (κ1) is 15.6. The first-order valence-corrected chi connectivity index (χ1v) is 7.41. The van der Waals surface area contributed by atoms with Gasteiger partial charge in [0.05, 0.1) is 6.04 Å². The van der Waals surface area contributed by atoms with Crippen LogP contribution in [0.3, 0.4) is 0 Å². The molecule has 2 rings (SSSR count). The molecule has 2 aromatic rings. The van der Waals surface area contributed by atoms with E-state index in [1.165, 1.54) is 27.8 Å². The molecular formula is C19H25NO. The first-order chi connectivity index (χ1) is 9.86. The SMILES string of the molecule is Cc1cc(C)cc(C(N)COc2c(C)cc(C)cc2C)c1. The minimum Gasteiger partial charge on any atom is -0.491 e. The monoisotopic (exact) mass is 283 g/mol. The molecule has 112 valence electrons. The van der Waals surface area contributed by atoms with E-state index in [1.807, 2.05) is 0 Å². The minimum absolute atomic E-state index is 0.108. The van der Waals surface area contributed by atoms with Gasteiger partial charge in [-0.2, -0.15) is 0 Å². The summed E-state index contributed by atoms with van der Waals surface area (Å²) in [6, 6.07) is 10.6. The Labute approximate surface area is 127 Å². The molecule has 2 N–H and O–H groups in total. The maximum absolute atomic E-state index is 6.29. The van der Waals surface area contributed by atoms with E-state index in [-0.39, 0.29) is 6.04 Å². The zero-order chi connectivity index (χ0) is 15.6. The van der Waals surface area contributed by atoms with Crippen molar-refractivity contribution in [2.45, 2.75) is 40.7 Å². The highest BCUT2D eigenvalue weighted by Gasteiger charge is 2.11. The Morgan fingerprint density at radius 3 is 1.81 bits per heavy atom. The highest BCUT2D eigenvalue weighted by Crippen LogP contribution is 2.26. The summed E-state index contributed by atoms with van der Waals surface area (Å²) in [6.45, 7) is 10.9. The van der Waals surface area contributed by atoms with E-state index in [1.54, 1.807) is 0 Å². The van der Waals surface area contributed by atoms with Crippen molar-refractivity contribution >= 4 is 0 Å². The van der Waals surface area contributed by atoms with Crippen LogP contribution >= 0.6 is 0 Å². The van der Waals surface area contributed by atoms with Gasteiger partial charge in [-0.1, -0.05) is 47.0 Å². The van der Waals surface area contributed by atoms with Crippen LogP contribution in [0.4, 0.5) is 0 Å². The summed E-state index contributed by atoms with van der Waals surface area (Å²) in [5, 5.41) is 0. The van der Waals surface area contributed by atoms with E-state index in [9.17, 15) is 0 Å². The number of hydrogen-bond donors (Lipinski definition) is 1. The van der Waals surface area contributed by atoms with Crippen LogP contribution in [0.1, 0.15) is 39.4 Å². The van der Waals surface area contributed by atoms with Crippen molar-refractivity contribution in [3.63, 3.8) is 0 Å². The summed E-state index contributed by atoms with van der Waals surface area (Å²) in [6.07, 6.45) is 0. The fourth-order valence-corrected chi connectivity index (χ4v) is 2.89. The van der Waals surface area contributed by atoms with Crippen LogP contribution in [-0.2, 0) is 0 Å². The minimum atomic E-state index is -0.108. The zero-order valence-corrected chi connectivity index (χ0v) is 13.7. The Morgan fingerprint density at radius 2 is 1.29 bits per heavy atom. The van der Waals surface area contributed by atoms with Crippen molar-refractivity contribution < 1.29 is 4.74 Å². The summed E-state index contributed by atoms with van der Waals surface area (Å²) in [5.74, 6) is 0.959. The van der Waals surface area contributed by atoms with Gasteiger partial charge in [0.25, 0.3) is 0 Å². The average Bonchev–Trinajstić information content (AvgIpc) is 2.35. The Kier molecular flexibility index (Phi) is 4.69. The van der Waals surface area contributed by atoms with E-state index in [4.69, 9.17) is 10.5 Å². The van der Waals surface area contributed by atoms with Crippen LogP contribution in [0.5, 0.6) is 5.75 Å². The molecule has 0 amide bonds. The highest BCUT2D eigenvalue weighted by atomic mass is 16.5. The molecule has 0 fully saturated rings. The van der Waals surface area contributed by atoms with Crippen LogP contribution in [0, 0.1) is 34.6 Å². The molecule has 0 aliphatic carbocycles. The lowest BCUT2D eigenvalue weighted by Gasteiger charge is -2.18. The van der Waals surface area contributed by atoms with Gasteiger partial charge in [0.2, 0.25) is 0 Å². The standard InChI is InChI=1S/C19H25NO/c1-12-6-13(2)10-17(9-12)18(20)11-21-19-15(4)7-14(3)8-16(19)5/h6-10,18H,11,20H2,1-5H3. The quantitative estimate of drug-likeness (QED) is 0.907. The molecule has 21 heavy (non-hydrogen) atoms. The molecule has 2 aromatic carbocycles. The lowest BCUT2D eigenvalue weighted by molar-refractivity contribution is 0.287. The van der Waals surface area contributed by atoms with Crippen molar-refractivity contribution in [1.82, 2.24) is 0 Å². The molecule has 0 radical (unpaired) electrons. The zero-order valence-electron chi connectivity index (χ0n) is 13.7. The van der Waals surface area contributed by atoms with Gasteiger partial charge < -0.3 is 10.5 Å². The van der Waals surface area contributed by atoms with Gasteiger partial charge in [-0.15, -0.1) is 0 Å². The van der Waals surface area contributed by atoms with Gasteiger partial charge in [-0.3, -0.25) is 0 Å². The van der Waals surface area contributed by atoms with Gasteiger partial charge in [-0.25, -0.2) is 0 Å². The molecule has 0 bridgehead atoms. The average molecular weight is 283 g/mol. The fourth-order valence-electron chi connectivity index (χ4n) is 2.89. The van der Waals surface area contributed by atoms with Crippen molar-refractivity contribution in [2.24, 2.45) is 5.73 Å². The summed E-state index contributed by atoms with van der Waals surface area (Å²) in [7, 11) is 0. The van der Waals surface area contributed by atoms with Gasteiger partial charge in [0, 0.05) is 0 Å². The molecule has 0 saturated heterocycles. The Balaban J connectivity index is 2.12. The van der Waals surface area contributed by atoms with E-state index in [2.05, 4.69) is 65.0 Å². The molecule has 0 saturated carbocycles. The van der Waals surface area contributed by atoms with Crippen LogP contribution in [0.25, 0.3) is 0 Å². The molecule has 0 aliphatic rings. The van der Waals surface area contributed by atoms with Gasteiger partial charge >= 0.3 is 0 Å². The molecular weight excluding hydrogens is 258 g/mol. The number of benzene rings is 2. The van der Waals surface area contributed by atoms with Crippen LogP contribution in [-0.4, -0.2) is 6.61 Å². The topological polar surface area (TPSA) is 35.2 Å². The summed E-state index contributed by atoms with van der Waals surface area (Å²) in [5.41, 5.74) is 13.5. The number of aryl methyl sites for hydroxylation is 5. The Morgan fingerprint density at radius 1 is 0.810 bits per heavy atom. The molecule has 0 aliphatic heterocycles. The lowest BCUT2D eigenvalue weighted by atomic mass is 10.0. The number of ether oxygens (including phenoxy) is 1. The number of rotatable bonds is 4. The third kappa shape index (κ3) is 3.85. The van der Waals surface area contributed by atoms with Crippen molar-refractivity contribution in [3.05, 3.63) is 63.7 Å². The van der Waals surface area contributed by atoms with Crippen molar-refractivity contribution in [2.75, 3.05) is 6.61 Å². The van der Waals surface area contributed by atoms with E-state index in [0.29, 0.717) is 6.61 Å². The second kappa shape index (κ2) is 6.31. The Hall–Kier alpha value is -1.80. The van der Waals surface area contributed by atoms with E-state index >= 15 is 0 Å². The van der Waals surface area contributed by atoms with E-state index < -0.39 is 0 Å². The van der Waals surface area contributed by atoms with Crippen molar-refractivity contribution in [1.29, 1.82) is 0 Å². The predicted molar refractivity (Wildman–Crippen MR) is 89.0 cm³/mol. The predicted octanol–water partition coefficient (Wildman–Crippen LogP) is 4.31. The van der Waals surface area contributed by atoms with Crippen LogP contribution in [0.15, 0.2) is 30.3 Å². The molecule has 2 nitrogen and oxygen atoms in total. The summed E-state index contributed by atoms with van der Waals surface area (Å²) < 4.78 is 5.99. The van der Waals surface area contributed by atoms with Crippen LogP contribution < -0.4 is 10.5 Å². The second-order valence-electron chi connectivity index (χ2n) is 6.07. The smallest absolute Gasteiger partial charge is 0.125 e. The number of nitrogens with two attached hydrogens (primary N) is 1. The third-order valence-electron chi connectivity index (χ3n) is 3.68. The molecule has 0 spiro atoms. The van der Waals surface area contributed by atoms with Crippen LogP contribution in [0.2, 0.25) is 0 Å². The number of hydrogen-bond acceptors (Lipinski definition) is 2. The molecule has 2 heteroatoms. The van der Waals surface area contributed by atoms with Gasteiger partial charge in [0.15, 0.2) is 0 Å². The fraction of sp³-hybridized carbons (Fsp3) is 0.368. The van der Waals surface area contributed by atoms with Gasteiger partial charge in [0.1, 0.15) is 12.4 Å². The molecule has 0 heterocycles. The maximum Gasteiger partial charge on any atom is 0.125 e. The second-order valence-corrected chi connectivity index (χ2v) is 6.07. The lowest BCUT2D eigenvalue weighted by Crippen LogP contribution is -2.20. The molecule has 1 atom stereocenters. The van der Waals surface area contributed by atoms with E-state index in [0.717, 1.165) is 11.3 Å². The van der Waals surface area contributed by atoms with Gasteiger partial charge in [-0.05, 0) is 51.3 Å². The largest absolute Gasteiger partial charge is 0.491 e. The summed E-state index contributed by atoms with van der Waals surface area (Å²) >= 11 is 0. The normalized spacial score (nSPS) is 12.3. The van der Waals surface area contributed by atoms with Crippen molar-refractivity contribution in [3.8, 4) is 5.75 Å². The Bertz CT molecular complexity index is 603.